The van der Waals surface area contributed by atoms with Gasteiger partial charge in [0.15, 0.2) is 0 Å². The van der Waals surface area contributed by atoms with Gasteiger partial charge in [-0.1, -0.05) is 47.5 Å². The summed E-state index contributed by atoms with van der Waals surface area (Å²) in [7, 11) is 0. The van der Waals surface area contributed by atoms with Crippen LogP contribution in [0.15, 0.2) is 48.7 Å². The summed E-state index contributed by atoms with van der Waals surface area (Å²) < 4.78 is 0. The summed E-state index contributed by atoms with van der Waals surface area (Å²) in [5, 5.41) is 5.08. The van der Waals surface area contributed by atoms with Crippen molar-refractivity contribution in [1.29, 1.82) is 0 Å². The maximum absolute atomic E-state index is 11.6. The molecule has 0 unspecified atom stereocenters. The number of para-hydroxylation sites is 1. The first-order chi connectivity index (χ1) is 11.6. The Balaban J connectivity index is 2.06. The van der Waals surface area contributed by atoms with Gasteiger partial charge < -0.3 is 10.3 Å². The molecule has 3 rings (SSSR count). The van der Waals surface area contributed by atoms with E-state index in [-0.39, 0.29) is 17.7 Å². The molecule has 6 heteroatoms. The number of carbonyl (C=O) groups is 1. The monoisotopic (exact) mass is 380 g/mol. The number of aromatic amines is 1. The molecule has 1 atom stereocenters. The minimum atomic E-state index is -0.216. The maximum Gasteiger partial charge on any atom is 0.234 e. The fourth-order valence-corrected chi connectivity index (χ4v) is 3.45. The Kier molecular flexibility index (Phi) is 5.34. The lowest BCUT2D eigenvalue weighted by atomic mass is 9.90. The number of aromatic nitrogens is 1. The molecular formula is C18H15Cl3N2O. The number of rotatable bonds is 5. The van der Waals surface area contributed by atoms with Gasteiger partial charge in [0.05, 0.1) is 0 Å². The second kappa shape index (κ2) is 7.47. The van der Waals surface area contributed by atoms with Crippen molar-refractivity contribution in [3.8, 4) is 0 Å². The first-order valence-electron chi connectivity index (χ1n) is 7.43. The molecule has 0 saturated carbocycles. The number of H-pyrrole nitrogens is 1. The molecule has 0 bridgehead atoms. The topological polar surface area (TPSA) is 44.9 Å². The molecule has 0 aliphatic rings. The van der Waals surface area contributed by atoms with Gasteiger partial charge >= 0.3 is 0 Å². The van der Waals surface area contributed by atoms with Crippen LogP contribution < -0.4 is 5.32 Å². The van der Waals surface area contributed by atoms with Crippen LogP contribution >= 0.6 is 34.8 Å². The van der Waals surface area contributed by atoms with E-state index in [1.165, 1.54) is 0 Å². The van der Waals surface area contributed by atoms with Crippen molar-refractivity contribution in [2.24, 2.45) is 0 Å². The summed E-state index contributed by atoms with van der Waals surface area (Å²) in [4.78, 5) is 14.9. The van der Waals surface area contributed by atoms with Gasteiger partial charge in [-0.05, 0) is 29.3 Å². The van der Waals surface area contributed by atoms with Gasteiger partial charge in [0.2, 0.25) is 5.91 Å². The number of hydrogen-bond donors (Lipinski definition) is 2. The average Bonchev–Trinajstić information content (AvgIpc) is 3.00. The van der Waals surface area contributed by atoms with Crippen molar-refractivity contribution in [1.82, 2.24) is 10.3 Å². The van der Waals surface area contributed by atoms with Gasteiger partial charge in [0.25, 0.3) is 0 Å². The first-order valence-corrected chi connectivity index (χ1v) is 8.73. The minimum absolute atomic E-state index is 0.0744. The van der Waals surface area contributed by atoms with Crippen LogP contribution in [0.25, 0.3) is 10.9 Å². The van der Waals surface area contributed by atoms with Crippen molar-refractivity contribution in [3.05, 3.63) is 69.8 Å². The summed E-state index contributed by atoms with van der Waals surface area (Å²) in [6.45, 7) is 0.398. The number of benzene rings is 2. The third-order valence-electron chi connectivity index (χ3n) is 3.96. The third-order valence-corrected chi connectivity index (χ3v) is 4.76. The van der Waals surface area contributed by atoms with E-state index in [0.717, 1.165) is 22.0 Å². The van der Waals surface area contributed by atoms with Crippen LogP contribution in [0.4, 0.5) is 0 Å². The van der Waals surface area contributed by atoms with Crippen LogP contribution in [0.1, 0.15) is 17.0 Å². The Morgan fingerprint density at radius 3 is 2.67 bits per heavy atom. The summed E-state index contributed by atoms with van der Waals surface area (Å²) >= 11 is 18.0. The van der Waals surface area contributed by atoms with Crippen molar-refractivity contribution < 1.29 is 4.79 Å². The average molecular weight is 382 g/mol. The summed E-state index contributed by atoms with van der Waals surface area (Å²) in [6.07, 6.45) is 1.95. The first kappa shape index (κ1) is 17.2. The van der Waals surface area contributed by atoms with Crippen molar-refractivity contribution in [2.75, 3.05) is 12.4 Å². The number of halogens is 3. The molecule has 1 heterocycles. The molecule has 24 heavy (non-hydrogen) atoms. The second-order valence-electron chi connectivity index (χ2n) is 5.45. The lowest BCUT2D eigenvalue weighted by Gasteiger charge is -2.19. The van der Waals surface area contributed by atoms with Gasteiger partial charge in [-0.3, -0.25) is 4.79 Å². The third kappa shape index (κ3) is 3.54. The van der Waals surface area contributed by atoms with E-state index < -0.39 is 0 Å². The molecule has 0 spiro atoms. The van der Waals surface area contributed by atoms with Crippen molar-refractivity contribution in [2.45, 2.75) is 5.92 Å². The molecule has 1 aromatic heterocycles. The van der Waals surface area contributed by atoms with E-state index in [2.05, 4.69) is 10.3 Å². The van der Waals surface area contributed by atoms with Gasteiger partial charge in [-0.15, -0.1) is 11.6 Å². The number of alkyl halides is 1. The molecule has 2 aromatic carbocycles. The van der Waals surface area contributed by atoms with Crippen LogP contribution in [-0.2, 0) is 4.79 Å². The van der Waals surface area contributed by atoms with E-state index in [4.69, 9.17) is 34.8 Å². The van der Waals surface area contributed by atoms with Gasteiger partial charge in [-0.2, -0.15) is 0 Å². The van der Waals surface area contributed by atoms with Crippen LogP contribution in [0.2, 0.25) is 10.0 Å². The van der Waals surface area contributed by atoms with E-state index in [1.54, 1.807) is 12.1 Å². The van der Waals surface area contributed by atoms with E-state index in [0.29, 0.717) is 16.6 Å². The number of carbonyl (C=O) groups excluding carboxylic acids is 1. The molecule has 0 aliphatic carbocycles. The molecule has 1 amide bonds. The number of fused-ring (bicyclic) bond motifs is 1. The molecule has 0 radical (unpaired) electrons. The Labute approximate surface area is 154 Å². The standard InChI is InChI=1S/C18H15Cl3N2O/c19-8-18(24)23-10-14(12-6-5-11(20)7-16(12)21)15-9-22-17-4-2-1-3-13(15)17/h1-7,9,14,22H,8,10H2,(H,23,24)/t14-/m1/s1. The summed E-state index contributed by atoms with van der Waals surface area (Å²) in [6, 6.07) is 13.4. The van der Waals surface area contributed by atoms with Crippen LogP contribution in [0, 0.1) is 0 Å². The molecule has 3 aromatic rings. The lowest BCUT2D eigenvalue weighted by molar-refractivity contribution is -0.118. The minimum Gasteiger partial charge on any atom is -0.361 e. The Morgan fingerprint density at radius 2 is 1.92 bits per heavy atom. The second-order valence-corrected chi connectivity index (χ2v) is 6.56. The van der Waals surface area contributed by atoms with Crippen molar-refractivity contribution >= 4 is 51.6 Å². The normalized spacial score (nSPS) is 12.3. The fourth-order valence-electron chi connectivity index (χ4n) is 2.82. The van der Waals surface area contributed by atoms with Crippen LogP contribution in [0.5, 0.6) is 0 Å². The number of nitrogens with one attached hydrogen (secondary N) is 2. The van der Waals surface area contributed by atoms with Crippen molar-refractivity contribution in [3.63, 3.8) is 0 Å². The zero-order chi connectivity index (χ0) is 17.1. The predicted molar refractivity (Wildman–Crippen MR) is 100 cm³/mol. The smallest absolute Gasteiger partial charge is 0.234 e. The van der Waals surface area contributed by atoms with Crippen LogP contribution in [-0.4, -0.2) is 23.3 Å². The molecule has 0 aliphatic heterocycles. The lowest BCUT2D eigenvalue weighted by Crippen LogP contribution is -2.29. The molecule has 0 saturated heterocycles. The highest BCUT2D eigenvalue weighted by Crippen LogP contribution is 2.35. The molecule has 124 valence electrons. The Morgan fingerprint density at radius 1 is 1.12 bits per heavy atom. The van der Waals surface area contributed by atoms with E-state index >= 15 is 0 Å². The van der Waals surface area contributed by atoms with E-state index in [9.17, 15) is 4.79 Å². The zero-order valence-electron chi connectivity index (χ0n) is 12.7. The van der Waals surface area contributed by atoms with E-state index in [1.807, 2.05) is 36.5 Å². The Hall–Kier alpha value is -1.68. The Bertz CT molecular complexity index is 876. The summed E-state index contributed by atoms with van der Waals surface area (Å²) in [5.41, 5.74) is 3.00. The largest absolute Gasteiger partial charge is 0.361 e. The van der Waals surface area contributed by atoms with Gasteiger partial charge in [0.1, 0.15) is 5.88 Å². The summed E-state index contributed by atoms with van der Waals surface area (Å²) in [5.74, 6) is -0.403. The number of hydrogen-bond acceptors (Lipinski definition) is 1. The molecule has 0 fully saturated rings. The van der Waals surface area contributed by atoms with Crippen LogP contribution in [0.3, 0.4) is 0 Å². The quantitative estimate of drug-likeness (QED) is 0.603. The zero-order valence-corrected chi connectivity index (χ0v) is 14.9. The molecular weight excluding hydrogens is 367 g/mol. The van der Waals surface area contributed by atoms with Gasteiger partial charge in [-0.25, -0.2) is 0 Å². The highest BCUT2D eigenvalue weighted by Gasteiger charge is 2.21. The fraction of sp³-hybridized carbons (Fsp3) is 0.167. The molecule has 2 N–H and O–H groups in total. The van der Waals surface area contributed by atoms with Gasteiger partial charge in [0, 0.05) is 39.6 Å². The highest BCUT2D eigenvalue weighted by molar-refractivity contribution is 6.35. The predicted octanol–water partition coefficient (Wildman–Crippen LogP) is 4.96. The number of amides is 1. The maximum atomic E-state index is 11.6. The SMILES string of the molecule is O=C(CCl)NC[C@H](c1ccc(Cl)cc1Cl)c1c[nH]c2ccccc12. The molecule has 3 nitrogen and oxygen atoms in total. The highest BCUT2D eigenvalue weighted by atomic mass is 35.5.